The van der Waals surface area contributed by atoms with Gasteiger partial charge in [0.1, 0.15) is 11.2 Å². The first-order chi connectivity index (χ1) is 32.7. The van der Waals surface area contributed by atoms with Gasteiger partial charge >= 0.3 is 0 Å². The molecule has 0 amide bonds. The van der Waals surface area contributed by atoms with E-state index in [1.165, 1.54) is 0 Å². The Morgan fingerprint density at radius 1 is 0.429 bits per heavy atom. The zero-order chi connectivity index (χ0) is 47.4. The molecule has 0 N–H and O–H groups in total. The first-order valence-electron chi connectivity index (χ1n) is 23.8. The lowest BCUT2D eigenvalue weighted by atomic mass is 10.0. The van der Waals surface area contributed by atoms with Crippen molar-refractivity contribution in [3.8, 4) is 62.1 Å². The minimum atomic E-state index is -0.711. The summed E-state index contributed by atoms with van der Waals surface area (Å²) in [4.78, 5) is 15.1. The minimum Gasteiger partial charge on any atom is -0.456 e. The zero-order valence-corrected chi connectivity index (χ0v) is 29.2. The van der Waals surface area contributed by atoms with Crippen LogP contribution in [-0.4, -0.2) is 19.5 Å². The summed E-state index contributed by atoms with van der Waals surface area (Å²) in [5.41, 5.74) is 4.41. The average Bonchev–Trinajstić information content (AvgIpc) is 3.93. The molecule has 0 aliphatic heterocycles. The Morgan fingerprint density at radius 3 is 1.95 bits per heavy atom. The van der Waals surface area contributed by atoms with Gasteiger partial charge in [-0.15, -0.1) is 0 Å². The second kappa shape index (κ2) is 13.0. The van der Waals surface area contributed by atoms with Gasteiger partial charge in [-0.1, -0.05) is 145 Å². The number of furan rings is 1. The lowest BCUT2D eigenvalue weighted by Gasteiger charge is -2.11. The summed E-state index contributed by atoms with van der Waals surface area (Å²) in [6.07, 6.45) is 0. The highest BCUT2D eigenvalue weighted by molar-refractivity contribution is 6.12. The van der Waals surface area contributed by atoms with Gasteiger partial charge in [-0.3, -0.25) is 0 Å². The van der Waals surface area contributed by atoms with Crippen LogP contribution < -0.4 is 0 Å². The molecule has 0 aliphatic carbocycles. The summed E-state index contributed by atoms with van der Waals surface area (Å²) in [5.74, 6) is 0.971. The lowest BCUT2D eigenvalue weighted by Crippen LogP contribution is -2.00. The van der Waals surface area contributed by atoms with E-state index < -0.39 is 72.2 Å². The molecule has 0 spiro atoms. The van der Waals surface area contributed by atoms with E-state index in [4.69, 9.17) is 31.7 Å². The molecule has 5 heteroatoms. The van der Waals surface area contributed by atoms with Gasteiger partial charge in [-0.2, -0.15) is 0 Å². The smallest absolute Gasteiger partial charge is 0.164 e. The Balaban J connectivity index is 1.15. The molecule has 0 atom stereocenters. The molecule has 56 heavy (non-hydrogen) atoms. The maximum Gasteiger partial charge on any atom is 0.164 e. The first kappa shape index (κ1) is 21.9. The number of benzene rings is 8. The molecular formula is C51H32N4O. The molecule has 0 saturated carbocycles. The van der Waals surface area contributed by atoms with Gasteiger partial charge in [0.2, 0.25) is 0 Å². The van der Waals surface area contributed by atoms with E-state index in [0.29, 0.717) is 39.5 Å². The molecule has 3 heterocycles. The van der Waals surface area contributed by atoms with Crippen molar-refractivity contribution in [1.82, 2.24) is 19.5 Å². The van der Waals surface area contributed by atoms with Crippen LogP contribution in [0.25, 0.3) is 106 Å². The van der Waals surface area contributed by atoms with E-state index >= 15 is 0 Å². The number of hydrogen-bond donors (Lipinski definition) is 0. The van der Waals surface area contributed by atoms with Crippen LogP contribution in [0.5, 0.6) is 0 Å². The largest absolute Gasteiger partial charge is 0.456 e. The van der Waals surface area contributed by atoms with Gasteiger partial charge < -0.3 is 8.98 Å². The van der Waals surface area contributed by atoms with E-state index in [1.54, 1.807) is 24.3 Å². The van der Waals surface area contributed by atoms with Crippen molar-refractivity contribution in [2.45, 2.75) is 0 Å². The standard InChI is InChI=1S/C51H32N4O/c1-3-13-33(14-4-1)34-25-27-35(28-26-34)49-52-50(54-51(53-49)42-21-12-24-47-48(42)41-20-8-10-23-46(41)56-47)38-16-11-15-36(31-38)37-29-30-45-43(32-37)40-19-7-9-22-44(40)55(45)39-17-5-2-6-18-39/h1-32H/i2D,5D,6D,7D,9D,17D,18D,19D,22D,29D,30D,32D. The van der Waals surface area contributed by atoms with Crippen LogP contribution in [-0.2, 0) is 0 Å². The summed E-state index contributed by atoms with van der Waals surface area (Å²) < 4.78 is 114. The third-order valence-electron chi connectivity index (χ3n) is 9.81. The number of fused-ring (bicyclic) bond motifs is 6. The highest BCUT2D eigenvalue weighted by Gasteiger charge is 2.19. The van der Waals surface area contributed by atoms with E-state index in [2.05, 4.69) is 0 Å². The quantitative estimate of drug-likeness (QED) is 0.171. The van der Waals surface area contributed by atoms with E-state index in [0.717, 1.165) is 26.5 Å². The van der Waals surface area contributed by atoms with Crippen LogP contribution in [0.4, 0.5) is 0 Å². The predicted molar refractivity (Wildman–Crippen MR) is 229 cm³/mol. The molecule has 0 radical (unpaired) electrons. The fourth-order valence-corrected chi connectivity index (χ4v) is 7.21. The van der Waals surface area contributed by atoms with Crippen molar-refractivity contribution in [3.05, 3.63) is 194 Å². The molecule has 0 saturated heterocycles. The van der Waals surface area contributed by atoms with Crippen molar-refractivity contribution in [3.63, 3.8) is 0 Å². The second-order valence-corrected chi connectivity index (χ2v) is 13.1. The van der Waals surface area contributed by atoms with Crippen LogP contribution in [0.3, 0.4) is 0 Å². The number of aromatic nitrogens is 4. The summed E-state index contributed by atoms with van der Waals surface area (Å²) in [6.45, 7) is 0. The number of para-hydroxylation sites is 3. The molecule has 0 unspecified atom stereocenters. The Kier molecular flexibility index (Phi) is 5.10. The van der Waals surface area contributed by atoms with Gasteiger partial charge in [0, 0.05) is 43.9 Å². The molecule has 11 rings (SSSR count). The average molecular weight is 729 g/mol. The van der Waals surface area contributed by atoms with Crippen molar-refractivity contribution < 1.29 is 20.9 Å². The Bertz CT molecular complexity index is 3920. The zero-order valence-electron chi connectivity index (χ0n) is 41.2. The van der Waals surface area contributed by atoms with Gasteiger partial charge in [0.15, 0.2) is 17.5 Å². The van der Waals surface area contributed by atoms with E-state index in [-0.39, 0.29) is 44.8 Å². The second-order valence-electron chi connectivity index (χ2n) is 13.1. The number of hydrogen-bond acceptors (Lipinski definition) is 4. The van der Waals surface area contributed by atoms with Crippen LogP contribution >= 0.6 is 0 Å². The van der Waals surface area contributed by atoms with Crippen LogP contribution in [0.1, 0.15) is 16.4 Å². The fraction of sp³-hybridized carbons (Fsp3) is 0. The van der Waals surface area contributed by atoms with Crippen molar-refractivity contribution in [2.75, 3.05) is 0 Å². The molecule has 0 aliphatic rings. The SMILES string of the molecule is [2H]c1c([2H])c([2H])c(-n2c3c([2H])c([2H])c([2H])c([2H])c3c3c([2H])c(-c4cccc(-c5nc(-c6ccc(-c7ccccc7)cc6)nc(-c6cccc7oc8ccccc8c67)n5)c4)c([2H])c([2H])c32)c([2H])c1[2H]. The lowest BCUT2D eigenvalue weighted by molar-refractivity contribution is 0.669. The summed E-state index contributed by atoms with van der Waals surface area (Å²) >= 11 is 0. The Morgan fingerprint density at radius 2 is 1.07 bits per heavy atom. The topological polar surface area (TPSA) is 56.7 Å². The van der Waals surface area contributed by atoms with Gasteiger partial charge in [-0.25, -0.2) is 15.0 Å². The predicted octanol–water partition coefficient (Wildman–Crippen LogP) is 13.2. The van der Waals surface area contributed by atoms with Gasteiger partial charge in [-0.05, 0) is 70.7 Å². The van der Waals surface area contributed by atoms with E-state index in [1.807, 2.05) is 97.1 Å². The molecule has 11 aromatic rings. The first-order valence-corrected chi connectivity index (χ1v) is 17.8. The summed E-state index contributed by atoms with van der Waals surface area (Å²) in [5, 5.41) is 1.32. The minimum absolute atomic E-state index is 0.0579. The third-order valence-corrected chi connectivity index (χ3v) is 9.81. The fourth-order valence-electron chi connectivity index (χ4n) is 7.21. The third kappa shape index (κ3) is 5.37. The Labute approximate surface area is 339 Å². The molecule has 0 bridgehead atoms. The Hall–Kier alpha value is -7.63. The maximum absolute atomic E-state index is 9.75. The molecule has 3 aromatic heterocycles. The highest BCUT2D eigenvalue weighted by Crippen LogP contribution is 2.38. The summed E-state index contributed by atoms with van der Waals surface area (Å²) in [7, 11) is 0. The van der Waals surface area contributed by atoms with Crippen molar-refractivity contribution in [1.29, 1.82) is 0 Å². The normalized spacial score (nSPS) is 14.6. The highest BCUT2D eigenvalue weighted by atomic mass is 16.3. The molecule has 0 fully saturated rings. The van der Waals surface area contributed by atoms with Crippen molar-refractivity contribution in [2.24, 2.45) is 0 Å². The monoisotopic (exact) mass is 728 g/mol. The molecule has 8 aromatic carbocycles. The number of rotatable bonds is 6. The van der Waals surface area contributed by atoms with Crippen LogP contribution in [0.2, 0.25) is 0 Å². The number of nitrogens with zero attached hydrogens (tertiary/aromatic N) is 4. The summed E-state index contributed by atoms with van der Waals surface area (Å²) in [6, 6.07) is 30.6. The van der Waals surface area contributed by atoms with Gasteiger partial charge in [0.25, 0.3) is 0 Å². The molecule has 5 nitrogen and oxygen atoms in total. The van der Waals surface area contributed by atoms with Crippen LogP contribution in [0.15, 0.2) is 198 Å². The van der Waals surface area contributed by atoms with Crippen LogP contribution in [0, 0.1) is 0 Å². The van der Waals surface area contributed by atoms with E-state index in [9.17, 15) is 4.11 Å². The molecule has 262 valence electrons. The maximum atomic E-state index is 9.75. The van der Waals surface area contributed by atoms with Crippen molar-refractivity contribution >= 4 is 43.7 Å². The molecular weight excluding hydrogens is 685 g/mol. The van der Waals surface area contributed by atoms with Gasteiger partial charge in [0.05, 0.1) is 27.5 Å².